The molecular formula is C15H12N2O2. The molecule has 0 unspecified atom stereocenters. The smallest absolute Gasteiger partial charge is 0.161 e. The molecule has 4 heteroatoms. The van der Waals surface area contributed by atoms with Crippen molar-refractivity contribution in [1.82, 2.24) is 9.97 Å². The number of nitrogens with one attached hydrogen (secondary N) is 1. The third-order valence-electron chi connectivity index (χ3n) is 3.05. The van der Waals surface area contributed by atoms with Gasteiger partial charge in [0, 0.05) is 22.7 Å². The molecule has 0 amide bonds. The number of ketones is 1. The summed E-state index contributed by atoms with van der Waals surface area (Å²) >= 11 is 0. The molecule has 0 fully saturated rings. The number of pyridine rings is 1. The molecule has 0 saturated carbocycles. The Morgan fingerprint density at radius 2 is 2.05 bits per heavy atom. The molecular weight excluding hydrogens is 240 g/mol. The van der Waals surface area contributed by atoms with Crippen LogP contribution in [0.1, 0.15) is 17.3 Å². The lowest BCUT2D eigenvalue weighted by Gasteiger charge is -1.98. The fourth-order valence-electron chi connectivity index (χ4n) is 2.02. The number of carbonyl (C=O) groups is 1. The van der Waals surface area contributed by atoms with E-state index in [1.807, 2.05) is 12.1 Å². The standard InChI is InChI=1S/C15H12N2O2/c1-9(18)10-2-4-14(16-8-10)15-7-11-6-12(19)3-5-13(11)17-15/h2-8,17,19H,1H3. The van der Waals surface area contributed by atoms with Crippen LogP contribution in [0.25, 0.3) is 22.3 Å². The van der Waals surface area contributed by atoms with Gasteiger partial charge in [-0.1, -0.05) is 0 Å². The second-order valence-electron chi connectivity index (χ2n) is 4.44. The summed E-state index contributed by atoms with van der Waals surface area (Å²) in [5.74, 6) is 0.235. The zero-order valence-corrected chi connectivity index (χ0v) is 10.3. The molecule has 1 aromatic carbocycles. The lowest BCUT2D eigenvalue weighted by atomic mass is 10.2. The van der Waals surface area contributed by atoms with Gasteiger partial charge >= 0.3 is 0 Å². The average Bonchev–Trinajstić information content (AvgIpc) is 2.81. The number of phenolic OH excluding ortho intramolecular Hbond substituents is 1. The second kappa shape index (κ2) is 4.24. The number of aromatic hydroxyl groups is 1. The van der Waals surface area contributed by atoms with E-state index in [0.717, 1.165) is 22.3 Å². The zero-order chi connectivity index (χ0) is 13.4. The molecule has 94 valence electrons. The minimum Gasteiger partial charge on any atom is -0.508 e. The number of Topliss-reactive ketones (excluding diaryl/α,β-unsaturated/α-hetero) is 1. The van der Waals surface area contributed by atoms with Gasteiger partial charge in [-0.3, -0.25) is 9.78 Å². The topological polar surface area (TPSA) is 66.0 Å². The number of hydrogen-bond acceptors (Lipinski definition) is 3. The Hall–Kier alpha value is -2.62. The SMILES string of the molecule is CC(=O)c1ccc(-c2cc3cc(O)ccc3[nH]2)nc1. The van der Waals surface area contributed by atoms with E-state index in [1.54, 1.807) is 30.5 Å². The number of rotatable bonds is 2. The van der Waals surface area contributed by atoms with Crippen molar-refractivity contribution in [3.05, 3.63) is 48.2 Å². The first-order valence-electron chi connectivity index (χ1n) is 5.92. The highest BCUT2D eigenvalue weighted by Gasteiger charge is 2.06. The monoisotopic (exact) mass is 252 g/mol. The maximum Gasteiger partial charge on any atom is 0.161 e. The van der Waals surface area contributed by atoms with Crippen LogP contribution < -0.4 is 0 Å². The van der Waals surface area contributed by atoms with E-state index in [4.69, 9.17) is 0 Å². The number of fused-ring (bicyclic) bond motifs is 1. The minimum absolute atomic E-state index is 0.000573. The molecule has 3 rings (SSSR count). The number of aromatic nitrogens is 2. The van der Waals surface area contributed by atoms with Gasteiger partial charge in [0.15, 0.2) is 5.78 Å². The van der Waals surface area contributed by atoms with Crippen molar-refractivity contribution in [2.45, 2.75) is 6.92 Å². The molecule has 2 aromatic heterocycles. The first-order valence-corrected chi connectivity index (χ1v) is 5.92. The van der Waals surface area contributed by atoms with Crippen LogP contribution in [-0.2, 0) is 0 Å². The van der Waals surface area contributed by atoms with Gasteiger partial charge in [-0.2, -0.15) is 0 Å². The summed E-state index contributed by atoms with van der Waals surface area (Å²) in [7, 11) is 0. The summed E-state index contributed by atoms with van der Waals surface area (Å²) in [5, 5.41) is 10.4. The average molecular weight is 252 g/mol. The van der Waals surface area contributed by atoms with Crippen molar-refractivity contribution in [3.63, 3.8) is 0 Å². The lowest BCUT2D eigenvalue weighted by molar-refractivity contribution is 0.101. The van der Waals surface area contributed by atoms with Crippen LogP contribution in [-0.4, -0.2) is 20.9 Å². The number of H-pyrrole nitrogens is 1. The normalized spacial score (nSPS) is 10.8. The molecule has 0 saturated heterocycles. The quantitative estimate of drug-likeness (QED) is 0.688. The first-order chi connectivity index (χ1) is 9.13. The van der Waals surface area contributed by atoms with Gasteiger partial charge in [0.1, 0.15) is 5.75 Å². The molecule has 0 atom stereocenters. The van der Waals surface area contributed by atoms with Crippen LogP contribution in [0.3, 0.4) is 0 Å². The van der Waals surface area contributed by atoms with Crippen LogP contribution in [0, 0.1) is 0 Å². The number of phenols is 1. The molecule has 19 heavy (non-hydrogen) atoms. The summed E-state index contributed by atoms with van der Waals surface area (Å²) in [6.45, 7) is 1.52. The van der Waals surface area contributed by atoms with Crippen molar-refractivity contribution >= 4 is 16.7 Å². The molecule has 0 aliphatic rings. The van der Waals surface area contributed by atoms with E-state index >= 15 is 0 Å². The molecule has 0 radical (unpaired) electrons. The van der Waals surface area contributed by atoms with Crippen molar-refractivity contribution in [2.24, 2.45) is 0 Å². The fraction of sp³-hybridized carbons (Fsp3) is 0.0667. The summed E-state index contributed by atoms with van der Waals surface area (Å²) < 4.78 is 0. The van der Waals surface area contributed by atoms with Crippen molar-refractivity contribution in [3.8, 4) is 17.1 Å². The second-order valence-corrected chi connectivity index (χ2v) is 4.44. The summed E-state index contributed by atoms with van der Waals surface area (Å²) in [5.41, 5.74) is 3.15. The zero-order valence-electron chi connectivity index (χ0n) is 10.3. The third-order valence-corrected chi connectivity index (χ3v) is 3.05. The van der Waals surface area contributed by atoms with Crippen LogP contribution in [0.4, 0.5) is 0 Å². The highest BCUT2D eigenvalue weighted by Crippen LogP contribution is 2.25. The third kappa shape index (κ3) is 2.08. The van der Waals surface area contributed by atoms with Gasteiger partial charge in [0.05, 0.1) is 11.4 Å². The molecule has 3 aromatic rings. The molecule has 2 N–H and O–H groups in total. The van der Waals surface area contributed by atoms with E-state index in [0.29, 0.717) is 5.56 Å². The van der Waals surface area contributed by atoms with E-state index < -0.39 is 0 Å². The molecule has 0 aliphatic heterocycles. The fourth-order valence-corrected chi connectivity index (χ4v) is 2.02. The summed E-state index contributed by atoms with van der Waals surface area (Å²) in [6.07, 6.45) is 1.57. The van der Waals surface area contributed by atoms with Crippen LogP contribution >= 0.6 is 0 Å². The van der Waals surface area contributed by atoms with Crippen molar-refractivity contribution < 1.29 is 9.90 Å². The van der Waals surface area contributed by atoms with E-state index in [1.165, 1.54) is 6.92 Å². The Morgan fingerprint density at radius 3 is 2.74 bits per heavy atom. The summed E-state index contributed by atoms with van der Waals surface area (Å²) in [6, 6.07) is 10.6. The Bertz CT molecular complexity index is 757. The molecule has 0 bridgehead atoms. The largest absolute Gasteiger partial charge is 0.508 e. The Kier molecular flexibility index (Phi) is 2.56. The van der Waals surface area contributed by atoms with Crippen molar-refractivity contribution in [1.29, 1.82) is 0 Å². The van der Waals surface area contributed by atoms with Gasteiger partial charge < -0.3 is 10.1 Å². The van der Waals surface area contributed by atoms with Gasteiger partial charge in [-0.15, -0.1) is 0 Å². The Morgan fingerprint density at radius 1 is 1.21 bits per heavy atom. The number of nitrogens with zero attached hydrogens (tertiary/aromatic N) is 1. The molecule has 2 heterocycles. The van der Waals surface area contributed by atoms with Crippen LogP contribution in [0.2, 0.25) is 0 Å². The predicted octanol–water partition coefficient (Wildman–Crippen LogP) is 3.14. The van der Waals surface area contributed by atoms with Crippen molar-refractivity contribution in [2.75, 3.05) is 0 Å². The van der Waals surface area contributed by atoms with Gasteiger partial charge in [-0.25, -0.2) is 0 Å². The predicted molar refractivity (Wildman–Crippen MR) is 73.2 cm³/mol. The van der Waals surface area contributed by atoms with E-state index in [2.05, 4.69) is 9.97 Å². The van der Waals surface area contributed by atoms with Gasteiger partial charge in [0.2, 0.25) is 0 Å². The number of benzene rings is 1. The maximum absolute atomic E-state index is 11.2. The highest BCUT2D eigenvalue weighted by molar-refractivity contribution is 5.94. The minimum atomic E-state index is 0.000573. The Balaban J connectivity index is 2.06. The first kappa shape index (κ1) is 11.5. The van der Waals surface area contributed by atoms with Crippen LogP contribution in [0.15, 0.2) is 42.6 Å². The van der Waals surface area contributed by atoms with Crippen LogP contribution in [0.5, 0.6) is 5.75 Å². The number of hydrogen-bond donors (Lipinski definition) is 2. The van der Waals surface area contributed by atoms with E-state index in [9.17, 15) is 9.90 Å². The Labute approximate surface area is 109 Å². The molecule has 0 spiro atoms. The lowest BCUT2D eigenvalue weighted by Crippen LogP contribution is -1.93. The summed E-state index contributed by atoms with van der Waals surface area (Å²) in [4.78, 5) is 18.7. The molecule has 0 aliphatic carbocycles. The van der Waals surface area contributed by atoms with Gasteiger partial charge in [0.25, 0.3) is 0 Å². The number of aromatic amines is 1. The number of carbonyl (C=O) groups excluding carboxylic acids is 1. The molecule has 4 nitrogen and oxygen atoms in total. The van der Waals surface area contributed by atoms with E-state index in [-0.39, 0.29) is 11.5 Å². The maximum atomic E-state index is 11.2. The van der Waals surface area contributed by atoms with Gasteiger partial charge in [-0.05, 0) is 43.3 Å². The highest BCUT2D eigenvalue weighted by atomic mass is 16.3.